The van der Waals surface area contributed by atoms with E-state index in [4.69, 9.17) is 13.9 Å². The topological polar surface area (TPSA) is 27.7 Å². The average molecular weight is 599 g/mol. The molecule has 0 amide bonds. The van der Waals surface area contributed by atoms with Crippen molar-refractivity contribution in [1.29, 1.82) is 0 Å². The van der Waals surface area contributed by atoms with Crippen molar-refractivity contribution in [1.82, 2.24) is 0 Å². The molecule has 0 aromatic heterocycles. The maximum atomic E-state index is 6.19. The molecule has 0 unspecified atom stereocenters. The molecule has 248 valence electrons. The first-order valence-electron chi connectivity index (χ1n) is 19.2. The van der Waals surface area contributed by atoms with Gasteiger partial charge < -0.3 is 13.9 Å². The van der Waals surface area contributed by atoms with E-state index < -0.39 is 9.76 Å². The van der Waals surface area contributed by atoms with Crippen molar-refractivity contribution in [3.8, 4) is 0 Å². The fourth-order valence-electron chi connectivity index (χ4n) is 5.73. The lowest BCUT2D eigenvalue weighted by atomic mass is 10.0. The second-order valence-electron chi connectivity index (χ2n) is 12.7. The Hall–Kier alpha value is 0.0969. The van der Waals surface area contributed by atoms with Gasteiger partial charge in [0, 0.05) is 19.8 Å². The quantitative estimate of drug-likeness (QED) is 0.0404. The van der Waals surface area contributed by atoms with Gasteiger partial charge in [0.1, 0.15) is 0 Å². The van der Waals surface area contributed by atoms with Crippen LogP contribution in [0.1, 0.15) is 207 Å². The second-order valence-corrected chi connectivity index (χ2v) is 14.2. The zero-order valence-electron chi connectivity index (χ0n) is 28.8. The van der Waals surface area contributed by atoms with E-state index in [9.17, 15) is 0 Å². The zero-order chi connectivity index (χ0) is 29.7. The van der Waals surface area contributed by atoms with Crippen LogP contribution in [0.4, 0.5) is 0 Å². The first kappa shape index (κ1) is 41.1. The molecule has 0 spiro atoms. The summed E-state index contributed by atoms with van der Waals surface area (Å²) >= 11 is 0. The lowest BCUT2D eigenvalue weighted by Gasteiger charge is -2.19. The van der Waals surface area contributed by atoms with Gasteiger partial charge in [-0.15, -0.1) is 0 Å². The van der Waals surface area contributed by atoms with E-state index in [0.717, 1.165) is 32.3 Å². The average Bonchev–Trinajstić information content (AvgIpc) is 2.98. The fraction of sp³-hybridized carbons (Fsp3) is 1.00. The molecule has 0 radical (unpaired) electrons. The summed E-state index contributed by atoms with van der Waals surface area (Å²) in [7, 11) is -0.404. The molecule has 0 saturated heterocycles. The van der Waals surface area contributed by atoms with Gasteiger partial charge in [-0.05, 0) is 32.2 Å². The lowest BCUT2D eigenvalue weighted by molar-refractivity contribution is -0.145. The van der Waals surface area contributed by atoms with E-state index in [1.165, 1.54) is 180 Å². The molecule has 0 aliphatic carbocycles. The van der Waals surface area contributed by atoms with E-state index in [2.05, 4.69) is 20.8 Å². The molecule has 0 aromatic carbocycles. The van der Waals surface area contributed by atoms with Crippen molar-refractivity contribution in [2.45, 2.75) is 219 Å². The Bertz CT molecular complexity index is 414. The number of rotatable bonds is 37. The lowest BCUT2D eigenvalue weighted by Crippen LogP contribution is -2.20. The largest absolute Gasteiger partial charge is 0.424 e. The maximum absolute atomic E-state index is 6.19. The highest BCUT2D eigenvalue weighted by Gasteiger charge is 2.09. The zero-order valence-corrected chi connectivity index (χ0v) is 30.3. The molecule has 0 aromatic rings. The summed E-state index contributed by atoms with van der Waals surface area (Å²) in [6.07, 6.45) is 40.2. The minimum atomic E-state index is -0.404. The minimum Gasteiger partial charge on any atom is -0.424 e. The summed E-state index contributed by atoms with van der Waals surface area (Å²) in [6, 6.07) is 1.16. The van der Waals surface area contributed by atoms with Gasteiger partial charge in [-0.25, -0.2) is 0 Å². The third-order valence-corrected chi connectivity index (χ3v) is 9.93. The van der Waals surface area contributed by atoms with Crippen LogP contribution < -0.4 is 0 Å². The predicted molar refractivity (Wildman–Crippen MR) is 186 cm³/mol. The molecule has 0 saturated carbocycles. The molecular formula is C37H78O3Si. The van der Waals surface area contributed by atoms with Crippen LogP contribution in [0.15, 0.2) is 0 Å². The van der Waals surface area contributed by atoms with Gasteiger partial charge in [0.2, 0.25) is 0 Å². The van der Waals surface area contributed by atoms with Gasteiger partial charge in [-0.2, -0.15) is 0 Å². The summed E-state index contributed by atoms with van der Waals surface area (Å²) in [5.41, 5.74) is 0. The Morgan fingerprint density at radius 1 is 0.390 bits per heavy atom. The van der Waals surface area contributed by atoms with Crippen LogP contribution in [-0.2, 0) is 13.9 Å². The van der Waals surface area contributed by atoms with Crippen molar-refractivity contribution in [3.05, 3.63) is 0 Å². The van der Waals surface area contributed by atoms with Crippen molar-refractivity contribution >= 4 is 9.76 Å². The number of ether oxygens (including phenoxy) is 2. The van der Waals surface area contributed by atoms with Gasteiger partial charge in [0.15, 0.2) is 16.1 Å². The first-order valence-corrected chi connectivity index (χ1v) is 20.7. The molecule has 0 bridgehead atoms. The van der Waals surface area contributed by atoms with Gasteiger partial charge in [0.05, 0.1) is 0 Å². The highest BCUT2D eigenvalue weighted by atomic mass is 28.2. The molecular weight excluding hydrogens is 520 g/mol. The summed E-state index contributed by atoms with van der Waals surface area (Å²) in [5, 5.41) is 0. The van der Waals surface area contributed by atoms with Crippen molar-refractivity contribution in [2.75, 3.05) is 19.8 Å². The fourth-order valence-corrected chi connectivity index (χ4v) is 6.73. The van der Waals surface area contributed by atoms with Gasteiger partial charge in [-0.1, -0.05) is 181 Å². The van der Waals surface area contributed by atoms with Crippen LogP contribution in [0.3, 0.4) is 0 Å². The molecule has 4 heteroatoms. The summed E-state index contributed by atoms with van der Waals surface area (Å²) in [5.74, 6) is 0. The van der Waals surface area contributed by atoms with Crippen LogP contribution in [-0.4, -0.2) is 35.9 Å². The normalized spacial score (nSPS) is 12.0. The van der Waals surface area contributed by atoms with Crippen molar-refractivity contribution in [3.63, 3.8) is 0 Å². The van der Waals surface area contributed by atoms with Crippen molar-refractivity contribution < 1.29 is 13.9 Å². The smallest absolute Gasteiger partial charge is 0.161 e. The van der Waals surface area contributed by atoms with E-state index >= 15 is 0 Å². The number of hydrogen-bond acceptors (Lipinski definition) is 3. The molecule has 3 nitrogen and oxygen atoms in total. The van der Waals surface area contributed by atoms with E-state index in [1.807, 2.05) is 0 Å². The van der Waals surface area contributed by atoms with E-state index in [-0.39, 0.29) is 6.29 Å². The third-order valence-electron chi connectivity index (χ3n) is 8.54. The Morgan fingerprint density at radius 3 is 0.976 bits per heavy atom. The highest BCUT2D eigenvalue weighted by Crippen LogP contribution is 2.15. The van der Waals surface area contributed by atoms with Crippen LogP contribution in [0.25, 0.3) is 0 Å². The molecule has 41 heavy (non-hydrogen) atoms. The van der Waals surface area contributed by atoms with Crippen LogP contribution >= 0.6 is 0 Å². The molecule has 0 aliphatic heterocycles. The minimum absolute atomic E-state index is 0.00750. The van der Waals surface area contributed by atoms with E-state index in [1.54, 1.807) is 0 Å². The maximum Gasteiger partial charge on any atom is 0.161 e. The number of unbranched alkanes of at least 4 members (excludes halogenated alkanes) is 26. The van der Waals surface area contributed by atoms with Gasteiger partial charge in [0.25, 0.3) is 0 Å². The Morgan fingerprint density at radius 2 is 0.683 bits per heavy atom. The number of hydrogen-bond donors (Lipinski definition) is 0. The Kier molecular flexibility index (Phi) is 38.2. The van der Waals surface area contributed by atoms with Crippen molar-refractivity contribution in [2.24, 2.45) is 0 Å². The van der Waals surface area contributed by atoms with Crippen LogP contribution in [0.2, 0.25) is 6.04 Å². The first-order chi connectivity index (χ1) is 20.3. The predicted octanol–water partition coefficient (Wildman–Crippen LogP) is 12.2. The molecule has 0 heterocycles. The summed E-state index contributed by atoms with van der Waals surface area (Å²) in [6.45, 7) is 9.27. The van der Waals surface area contributed by atoms with Crippen LogP contribution in [0, 0.1) is 0 Å². The molecule has 0 N–H and O–H groups in total. The SMILES string of the molecule is CCCCCCCCCCCCCCCCOC(CC[SiH2]OCC)OCCCCCCCCCCCCCCCC. The van der Waals surface area contributed by atoms with Crippen LogP contribution in [0.5, 0.6) is 0 Å². The molecule has 0 fully saturated rings. The molecule has 0 rings (SSSR count). The summed E-state index contributed by atoms with van der Waals surface area (Å²) in [4.78, 5) is 0. The standard InChI is InChI=1S/C37H78O3Si/c1-4-7-9-11-13-15-17-19-21-23-25-27-29-31-34-38-37(33-36-41-40-6-3)39-35-32-30-28-26-24-22-20-18-16-14-12-10-8-5-2/h37H,4-36,41H2,1-3H3. The second kappa shape index (κ2) is 38.1. The molecule has 0 atom stereocenters. The van der Waals surface area contributed by atoms with Gasteiger partial charge in [-0.3, -0.25) is 0 Å². The monoisotopic (exact) mass is 599 g/mol. The third kappa shape index (κ3) is 36.2. The molecule has 0 aliphatic rings. The highest BCUT2D eigenvalue weighted by molar-refractivity contribution is 6.26. The van der Waals surface area contributed by atoms with Gasteiger partial charge >= 0.3 is 0 Å². The Balaban J connectivity index is 3.61. The summed E-state index contributed by atoms with van der Waals surface area (Å²) < 4.78 is 18.1. The Labute approximate surface area is 262 Å². The van der Waals surface area contributed by atoms with E-state index in [0.29, 0.717) is 0 Å².